The molecular weight excluding hydrogens is 292 g/mol. The first-order valence-corrected chi connectivity index (χ1v) is 6.66. The second kappa shape index (κ2) is 6.54. The lowest BCUT2D eigenvalue weighted by Crippen LogP contribution is -2.28. The van der Waals surface area contributed by atoms with Crippen molar-refractivity contribution in [2.45, 2.75) is 25.6 Å². The Morgan fingerprint density at radius 3 is 2.77 bits per heavy atom. The molecule has 0 saturated heterocycles. The molecule has 0 aliphatic rings. The predicted molar refractivity (Wildman–Crippen MR) is 77.4 cm³/mol. The molecule has 4 N–H and O–H groups in total. The Balaban J connectivity index is 2.32. The minimum Gasteiger partial charge on any atom is -0.390 e. The summed E-state index contributed by atoms with van der Waals surface area (Å²) in [6.45, 7) is 1.53. The number of carbonyl (C=O) groups is 1. The average Bonchev–Trinajstić information content (AvgIpc) is 2.44. The van der Waals surface area contributed by atoms with E-state index < -0.39 is 23.6 Å². The number of carbonyl (C=O) groups excluding carboxylic acids is 1. The van der Waals surface area contributed by atoms with Gasteiger partial charge in [0.05, 0.1) is 17.0 Å². The van der Waals surface area contributed by atoms with Gasteiger partial charge in [0.15, 0.2) is 0 Å². The van der Waals surface area contributed by atoms with Crippen LogP contribution in [0.4, 0.5) is 0 Å². The first kappa shape index (κ1) is 15.9. The Bertz CT molecular complexity index is 794. The quantitative estimate of drug-likeness (QED) is 0.583. The highest BCUT2D eigenvalue weighted by atomic mass is 16.4. The van der Waals surface area contributed by atoms with Gasteiger partial charge in [-0.2, -0.15) is 0 Å². The van der Waals surface area contributed by atoms with E-state index in [9.17, 15) is 24.6 Å². The van der Waals surface area contributed by atoms with Crippen LogP contribution in [0.5, 0.6) is 0 Å². The highest BCUT2D eigenvalue weighted by molar-refractivity contribution is 5.81. The molecule has 22 heavy (non-hydrogen) atoms. The monoisotopic (exact) mass is 308 g/mol. The van der Waals surface area contributed by atoms with Gasteiger partial charge in [0.1, 0.15) is 6.10 Å². The third-order valence-electron chi connectivity index (χ3n) is 3.22. The molecule has 0 saturated carbocycles. The summed E-state index contributed by atoms with van der Waals surface area (Å²) >= 11 is 0. The van der Waals surface area contributed by atoms with Gasteiger partial charge in [-0.05, 0) is 18.1 Å². The van der Waals surface area contributed by atoms with Crippen LogP contribution in [0.1, 0.15) is 25.0 Å². The largest absolute Gasteiger partial charge is 0.419 e. The van der Waals surface area contributed by atoms with Gasteiger partial charge in [0, 0.05) is 13.5 Å². The molecule has 1 amide bonds. The summed E-state index contributed by atoms with van der Waals surface area (Å²) in [5, 5.41) is 22.7. The normalized spacial score (nSPS) is 13.8. The van der Waals surface area contributed by atoms with Crippen LogP contribution in [0.25, 0.3) is 10.9 Å². The van der Waals surface area contributed by atoms with Crippen molar-refractivity contribution in [3.8, 4) is 0 Å². The third-order valence-corrected chi connectivity index (χ3v) is 3.22. The van der Waals surface area contributed by atoms with E-state index in [1.54, 1.807) is 0 Å². The van der Waals surface area contributed by atoms with Crippen molar-refractivity contribution in [2.24, 2.45) is 0 Å². The minimum atomic E-state index is -1.36. The smallest absolute Gasteiger partial charge is 0.390 e. The van der Waals surface area contributed by atoms with E-state index in [-0.39, 0.29) is 35.3 Å². The van der Waals surface area contributed by atoms with Crippen molar-refractivity contribution >= 4 is 16.8 Å². The predicted octanol–water partition coefficient (Wildman–Crippen LogP) is -0.598. The topological polar surface area (TPSA) is 133 Å². The number of amides is 1. The molecule has 1 aromatic carbocycles. The molecule has 0 spiro atoms. The van der Waals surface area contributed by atoms with E-state index >= 15 is 0 Å². The number of H-pyrrole nitrogens is 1. The lowest BCUT2D eigenvalue weighted by Gasteiger charge is -2.19. The lowest BCUT2D eigenvalue weighted by atomic mass is 9.98. The molecular formula is C14H16N2O6. The van der Waals surface area contributed by atoms with Gasteiger partial charge in [0.25, 0.3) is 0 Å². The van der Waals surface area contributed by atoms with Crippen LogP contribution in [0.15, 0.2) is 32.2 Å². The zero-order chi connectivity index (χ0) is 16.3. The zero-order valence-electron chi connectivity index (χ0n) is 11.8. The molecule has 0 aliphatic carbocycles. The van der Waals surface area contributed by atoms with Crippen molar-refractivity contribution in [1.29, 1.82) is 0 Å². The van der Waals surface area contributed by atoms with Crippen LogP contribution in [0.2, 0.25) is 0 Å². The van der Waals surface area contributed by atoms with Crippen LogP contribution in [0.3, 0.4) is 0 Å². The first-order valence-electron chi connectivity index (χ1n) is 6.66. The molecule has 2 rings (SSSR count). The molecule has 1 aromatic heterocycles. The van der Waals surface area contributed by atoms with E-state index in [1.807, 2.05) is 0 Å². The molecule has 0 bridgehead atoms. The number of aromatic nitrogens is 1. The van der Waals surface area contributed by atoms with Crippen LogP contribution in [-0.4, -0.2) is 33.8 Å². The molecule has 2 unspecified atom stereocenters. The van der Waals surface area contributed by atoms with Crippen LogP contribution >= 0.6 is 0 Å². The van der Waals surface area contributed by atoms with Gasteiger partial charge in [0.2, 0.25) is 5.91 Å². The van der Waals surface area contributed by atoms with Crippen molar-refractivity contribution < 1.29 is 19.4 Å². The van der Waals surface area contributed by atoms with Gasteiger partial charge in [-0.15, -0.1) is 0 Å². The maximum absolute atomic E-state index is 11.8. The van der Waals surface area contributed by atoms with Crippen LogP contribution in [-0.2, 0) is 4.79 Å². The SMILES string of the molecule is CC(=O)NCCC(O)C(O)c1cccc2[nH]c(=O)oc(=O)c12. The highest BCUT2D eigenvalue weighted by Gasteiger charge is 2.22. The van der Waals surface area contributed by atoms with E-state index in [4.69, 9.17) is 0 Å². The Labute approximate surface area is 124 Å². The molecule has 0 aliphatic heterocycles. The number of nitrogens with one attached hydrogen (secondary N) is 2. The van der Waals surface area contributed by atoms with Gasteiger partial charge < -0.3 is 19.9 Å². The molecule has 0 fully saturated rings. The van der Waals surface area contributed by atoms with Gasteiger partial charge in [-0.3, -0.25) is 9.78 Å². The summed E-state index contributed by atoms with van der Waals surface area (Å²) in [5.41, 5.74) is -0.521. The minimum absolute atomic E-state index is 0.00757. The zero-order valence-corrected chi connectivity index (χ0v) is 11.8. The van der Waals surface area contributed by atoms with Crippen molar-refractivity contribution in [3.05, 3.63) is 44.7 Å². The molecule has 8 nitrogen and oxygen atoms in total. The molecule has 2 aromatic rings. The standard InChI is InChI=1S/C14H16N2O6/c1-7(17)15-6-5-10(18)12(19)8-3-2-4-9-11(8)13(20)22-14(21)16-9/h2-4,10,12,18-19H,5-6H2,1H3,(H,15,17)(H,16,21). The Hall–Kier alpha value is -2.45. The fraction of sp³-hybridized carbons (Fsp3) is 0.357. The summed E-state index contributed by atoms with van der Waals surface area (Å²) < 4.78 is 4.46. The summed E-state index contributed by atoms with van der Waals surface area (Å²) in [4.78, 5) is 36.1. The maximum Gasteiger partial charge on any atom is 0.419 e. The Morgan fingerprint density at radius 1 is 1.36 bits per heavy atom. The fourth-order valence-electron chi connectivity index (χ4n) is 2.18. The summed E-state index contributed by atoms with van der Waals surface area (Å²) in [6.07, 6.45) is -2.44. The molecule has 0 radical (unpaired) electrons. The fourth-order valence-corrected chi connectivity index (χ4v) is 2.18. The molecule has 1 heterocycles. The second-order valence-corrected chi connectivity index (χ2v) is 4.86. The lowest BCUT2D eigenvalue weighted by molar-refractivity contribution is -0.119. The Morgan fingerprint density at radius 2 is 2.09 bits per heavy atom. The second-order valence-electron chi connectivity index (χ2n) is 4.86. The summed E-state index contributed by atoms with van der Waals surface area (Å²) in [5.74, 6) is -1.14. The number of aromatic amines is 1. The maximum atomic E-state index is 11.8. The van der Waals surface area contributed by atoms with E-state index in [0.29, 0.717) is 0 Å². The summed E-state index contributed by atoms with van der Waals surface area (Å²) in [6, 6.07) is 4.49. The van der Waals surface area contributed by atoms with Crippen molar-refractivity contribution in [1.82, 2.24) is 10.3 Å². The third kappa shape index (κ3) is 3.41. The van der Waals surface area contributed by atoms with Crippen LogP contribution in [0, 0.1) is 0 Å². The number of rotatable bonds is 5. The first-order chi connectivity index (χ1) is 10.4. The van der Waals surface area contributed by atoms with E-state index in [2.05, 4.69) is 14.7 Å². The number of aliphatic hydroxyl groups excluding tert-OH is 2. The molecule has 2 atom stereocenters. The van der Waals surface area contributed by atoms with Crippen LogP contribution < -0.4 is 16.7 Å². The Kier molecular flexibility index (Phi) is 4.74. The molecule has 118 valence electrons. The van der Waals surface area contributed by atoms with Crippen molar-refractivity contribution in [2.75, 3.05) is 6.54 Å². The molecule has 8 heteroatoms. The number of hydrogen-bond acceptors (Lipinski definition) is 6. The number of benzene rings is 1. The van der Waals surface area contributed by atoms with Gasteiger partial charge >= 0.3 is 11.4 Å². The summed E-state index contributed by atoms with van der Waals surface area (Å²) in [7, 11) is 0. The van der Waals surface area contributed by atoms with Crippen molar-refractivity contribution in [3.63, 3.8) is 0 Å². The number of aliphatic hydroxyl groups is 2. The van der Waals surface area contributed by atoms with E-state index in [0.717, 1.165) is 0 Å². The average molecular weight is 308 g/mol. The van der Waals surface area contributed by atoms with Gasteiger partial charge in [-0.1, -0.05) is 12.1 Å². The number of fused-ring (bicyclic) bond motifs is 1. The number of hydrogen-bond donors (Lipinski definition) is 4. The highest BCUT2D eigenvalue weighted by Crippen LogP contribution is 2.23. The van der Waals surface area contributed by atoms with E-state index in [1.165, 1.54) is 25.1 Å². The van der Waals surface area contributed by atoms with Gasteiger partial charge in [-0.25, -0.2) is 9.59 Å².